The smallest absolute Gasteiger partial charge is 0.410 e. The minimum atomic E-state index is -1.74. The highest BCUT2D eigenvalue weighted by Gasteiger charge is 2.59. The lowest BCUT2D eigenvalue weighted by Gasteiger charge is -2.46. The number of carbonyl (C=O) groups is 4. The molecule has 1 amide bonds. The highest BCUT2D eigenvalue weighted by Crippen LogP contribution is 2.40. The number of carboxylic acid groups (broad SMARTS) is 1. The molecule has 0 bridgehead atoms. The molecule has 0 saturated carbocycles. The van der Waals surface area contributed by atoms with Crippen molar-refractivity contribution in [2.75, 3.05) is 40.0 Å². The Morgan fingerprint density at radius 2 is 1.82 bits per heavy atom. The molecule has 1 aromatic carbocycles. The summed E-state index contributed by atoms with van der Waals surface area (Å²) < 4.78 is 33.0. The molecule has 346 valence electrons. The van der Waals surface area contributed by atoms with Crippen molar-refractivity contribution in [2.24, 2.45) is 17.8 Å². The van der Waals surface area contributed by atoms with E-state index in [1.54, 1.807) is 43.3 Å². The van der Waals surface area contributed by atoms with Crippen LogP contribution in [-0.2, 0) is 44.6 Å². The number of fused-ring (bicyclic) bond motifs is 1. The van der Waals surface area contributed by atoms with Gasteiger partial charge in [-0.15, -0.1) is 5.10 Å². The van der Waals surface area contributed by atoms with Crippen LogP contribution in [0, 0.1) is 17.8 Å². The van der Waals surface area contributed by atoms with Crippen LogP contribution in [-0.4, -0.2) is 153 Å². The minimum absolute atomic E-state index is 0.112. The zero-order valence-corrected chi connectivity index (χ0v) is 38.0. The van der Waals surface area contributed by atoms with Crippen LogP contribution >= 0.6 is 0 Å². The molecule has 3 fully saturated rings. The Kier molecular flexibility index (Phi) is 16.2. The van der Waals surface area contributed by atoms with E-state index in [1.165, 1.54) is 7.11 Å². The number of carbonyl (C=O) groups excluding carboxylic acids is 3. The van der Waals surface area contributed by atoms with Crippen LogP contribution in [0.2, 0.25) is 0 Å². The maximum atomic E-state index is 14.6. The molecule has 2 aromatic rings. The van der Waals surface area contributed by atoms with Gasteiger partial charge in [-0.2, -0.15) is 0 Å². The number of ketones is 1. The third-order valence-electron chi connectivity index (χ3n) is 13.0. The standard InChI is InChI=1S/C44H69N7O11/c1-11-34-44(7)38(51(42(57)62-44)18-13-12-17-50-24-32(47-48-50)29-15-14-16-30(45)20-29)28(5)46-23-25(2)22-43(6,58-10)39(27(4)36(54)31(21-35(52)53)40(56)60-34)61-41-37(55)33(49(8)9)19-26(3)59-41/h14-16,20,24-28,31,33-34,37-39,41,46,55H,11-13,17-19,21-23,45H2,1-10H3,(H,52,53)/t25-,26-,27+,28-,31-,33?,34-,37?,38-,39-,41+,43-,44-/m1/s1. The van der Waals surface area contributed by atoms with Gasteiger partial charge in [-0.25, -0.2) is 4.79 Å². The minimum Gasteiger partial charge on any atom is -0.481 e. The van der Waals surface area contributed by atoms with E-state index in [1.807, 2.05) is 64.2 Å². The molecule has 0 aliphatic carbocycles. The second-order valence-corrected chi connectivity index (χ2v) is 18.2. The molecule has 0 radical (unpaired) electrons. The average molecular weight is 872 g/mol. The number of hydrogen-bond donors (Lipinski definition) is 4. The number of ether oxygens (including phenoxy) is 5. The Labute approximate surface area is 365 Å². The van der Waals surface area contributed by atoms with Gasteiger partial charge in [-0.05, 0) is 98.5 Å². The number of amides is 1. The molecule has 62 heavy (non-hydrogen) atoms. The lowest BCUT2D eigenvalue weighted by Crippen LogP contribution is -2.61. The molecular formula is C44H69N7O11. The molecule has 3 aliphatic rings. The van der Waals surface area contributed by atoms with Gasteiger partial charge in [-0.3, -0.25) is 24.0 Å². The normalized spacial score (nSPS) is 35.2. The molecule has 0 spiro atoms. The summed E-state index contributed by atoms with van der Waals surface area (Å²) >= 11 is 0. The first-order chi connectivity index (χ1) is 29.2. The average Bonchev–Trinajstić information content (AvgIpc) is 3.80. The molecule has 13 atom stereocenters. The second kappa shape index (κ2) is 20.5. The quantitative estimate of drug-likeness (QED) is 0.0973. The number of unbranched alkanes of at least 4 members (excludes halogenated alkanes) is 1. The molecule has 1 aromatic heterocycles. The Bertz CT molecular complexity index is 1860. The van der Waals surface area contributed by atoms with Gasteiger partial charge >= 0.3 is 18.0 Å². The topological polar surface area (TPSA) is 230 Å². The Hall–Kier alpha value is -4.20. The predicted molar refractivity (Wildman–Crippen MR) is 229 cm³/mol. The van der Waals surface area contributed by atoms with E-state index in [2.05, 4.69) is 15.6 Å². The SMILES string of the molecule is CC[C@H]1OC(=O)[C@H](CC(=O)O)C(=O)[C@H](C)[C@@H](O[C@@H]2O[C@H](C)CC(N(C)C)C2O)[C@](C)(OC)C[C@@H](C)CN[C@H](C)[C@H]2N(CCCCn3cc(-c4cccc(N)c4)nn3)C(=O)O[C@]12C. The number of nitrogen functional groups attached to an aromatic ring is 1. The first kappa shape index (κ1) is 48.8. The predicted octanol–water partition coefficient (Wildman–Crippen LogP) is 3.74. The summed E-state index contributed by atoms with van der Waals surface area (Å²) in [7, 11) is 5.22. The van der Waals surface area contributed by atoms with Crippen molar-refractivity contribution in [2.45, 2.75) is 154 Å². The van der Waals surface area contributed by atoms with Gasteiger partial charge in [0.15, 0.2) is 17.7 Å². The maximum Gasteiger partial charge on any atom is 0.410 e. The summed E-state index contributed by atoms with van der Waals surface area (Å²) in [5, 5.41) is 33.7. The van der Waals surface area contributed by atoms with Crippen LogP contribution in [0.25, 0.3) is 11.3 Å². The monoisotopic (exact) mass is 872 g/mol. The number of likely N-dealkylation sites (N-methyl/N-ethyl adjacent to an activating group) is 1. The molecule has 3 saturated heterocycles. The number of aliphatic hydroxyl groups is 1. The van der Waals surface area contributed by atoms with Gasteiger partial charge in [0.2, 0.25) is 0 Å². The van der Waals surface area contributed by atoms with Gasteiger partial charge in [0.1, 0.15) is 23.8 Å². The Morgan fingerprint density at radius 3 is 2.47 bits per heavy atom. The van der Waals surface area contributed by atoms with Gasteiger partial charge in [0.25, 0.3) is 0 Å². The van der Waals surface area contributed by atoms with Crippen LogP contribution in [0.15, 0.2) is 30.5 Å². The van der Waals surface area contributed by atoms with Crippen LogP contribution in [0.1, 0.15) is 87.0 Å². The van der Waals surface area contributed by atoms with Crippen LogP contribution in [0.3, 0.4) is 0 Å². The summed E-state index contributed by atoms with van der Waals surface area (Å²) in [6.45, 7) is 14.1. The third kappa shape index (κ3) is 10.9. The number of methoxy groups -OCH3 is 1. The van der Waals surface area contributed by atoms with Crippen LogP contribution in [0.5, 0.6) is 0 Å². The van der Waals surface area contributed by atoms with Crippen molar-refractivity contribution >= 4 is 29.5 Å². The van der Waals surface area contributed by atoms with Crippen LogP contribution < -0.4 is 11.1 Å². The number of aliphatic carboxylic acids is 1. The summed E-state index contributed by atoms with van der Waals surface area (Å²) in [6, 6.07) is 6.07. The van der Waals surface area contributed by atoms with Crippen molar-refractivity contribution in [3.8, 4) is 11.3 Å². The van der Waals surface area contributed by atoms with Crippen molar-refractivity contribution in [3.05, 3.63) is 30.5 Å². The number of carboxylic acids is 1. The first-order valence-electron chi connectivity index (χ1n) is 21.9. The third-order valence-corrected chi connectivity index (χ3v) is 13.0. The first-order valence-corrected chi connectivity index (χ1v) is 21.9. The number of cyclic esters (lactones) is 1. The summed E-state index contributed by atoms with van der Waals surface area (Å²) in [6.07, 6.45) is -1.92. The number of esters is 1. The largest absolute Gasteiger partial charge is 0.481 e. The van der Waals surface area contributed by atoms with E-state index in [-0.39, 0.29) is 24.5 Å². The van der Waals surface area contributed by atoms with E-state index in [9.17, 15) is 29.4 Å². The zero-order chi connectivity index (χ0) is 45.7. The van der Waals surface area contributed by atoms with Crippen molar-refractivity contribution < 1.29 is 53.1 Å². The fourth-order valence-electron chi connectivity index (χ4n) is 9.71. The maximum absolute atomic E-state index is 14.6. The molecule has 5 N–H and O–H groups in total. The van der Waals surface area contributed by atoms with E-state index in [0.29, 0.717) is 56.7 Å². The fraction of sp³-hybridized carbons (Fsp3) is 0.727. The highest BCUT2D eigenvalue weighted by molar-refractivity contribution is 6.02. The van der Waals surface area contributed by atoms with Crippen molar-refractivity contribution in [1.29, 1.82) is 0 Å². The number of nitrogens with two attached hydrogens (primary N) is 1. The molecule has 5 rings (SSSR count). The number of anilines is 1. The van der Waals surface area contributed by atoms with Crippen molar-refractivity contribution in [1.82, 2.24) is 30.1 Å². The fourth-order valence-corrected chi connectivity index (χ4v) is 9.71. The Balaban J connectivity index is 1.43. The second-order valence-electron chi connectivity index (χ2n) is 18.2. The number of hydrogen-bond acceptors (Lipinski definition) is 15. The summed E-state index contributed by atoms with van der Waals surface area (Å²) in [4.78, 5) is 58.7. The molecule has 2 unspecified atom stereocenters. The van der Waals surface area contributed by atoms with Crippen molar-refractivity contribution in [3.63, 3.8) is 0 Å². The van der Waals surface area contributed by atoms with E-state index >= 15 is 0 Å². The summed E-state index contributed by atoms with van der Waals surface area (Å²) in [5.41, 5.74) is 5.55. The molecule has 3 aliphatic heterocycles. The molecular weight excluding hydrogens is 803 g/mol. The van der Waals surface area contributed by atoms with Gasteiger partial charge in [0.05, 0.1) is 36.5 Å². The number of benzene rings is 1. The number of aliphatic hydroxyl groups excluding tert-OH is 1. The Morgan fingerprint density at radius 1 is 1.11 bits per heavy atom. The highest BCUT2D eigenvalue weighted by atomic mass is 16.7. The summed E-state index contributed by atoms with van der Waals surface area (Å²) in [5.74, 6) is -6.13. The number of nitrogens with one attached hydrogen (secondary N) is 1. The van der Waals surface area contributed by atoms with Gasteiger partial charge < -0.3 is 49.8 Å². The lowest BCUT2D eigenvalue weighted by atomic mass is 9.77. The molecule has 18 heteroatoms. The molecule has 18 nitrogen and oxygen atoms in total. The van der Waals surface area contributed by atoms with Gasteiger partial charge in [-0.1, -0.05) is 38.1 Å². The van der Waals surface area contributed by atoms with Gasteiger partial charge in [0, 0.05) is 49.5 Å². The number of aryl methyl sites for hydroxylation is 1. The van der Waals surface area contributed by atoms with Crippen LogP contribution in [0.4, 0.5) is 10.5 Å². The molecule has 4 heterocycles. The van der Waals surface area contributed by atoms with E-state index < -0.39 is 90.0 Å². The number of aromatic nitrogens is 3. The number of rotatable bonds is 13. The van der Waals surface area contributed by atoms with E-state index in [0.717, 1.165) is 5.56 Å². The lowest BCUT2D eigenvalue weighted by molar-refractivity contribution is -0.295. The van der Waals surface area contributed by atoms with E-state index in [4.69, 9.17) is 29.4 Å². The zero-order valence-electron chi connectivity index (χ0n) is 38.0. The number of Topliss-reactive ketones (excluding diaryl/α,β-unsaturated/α-hetero) is 1. The number of nitrogens with zero attached hydrogens (tertiary/aromatic N) is 5.